The SMILES string of the molecule is [B]c1ccc(CNC(=O)NCC(=O)OCC)cc1. The van der Waals surface area contributed by atoms with Gasteiger partial charge < -0.3 is 15.4 Å². The summed E-state index contributed by atoms with van der Waals surface area (Å²) in [6.07, 6.45) is 0. The van der Waals surface area contributed by atoms with Gasteiger partial charge in [-0.05, 0) is 12.5 Å². The van der Waals surface area contributed by atoms with Crippen molar-refractivity contribution in [3.8, 4) is 0 Å². The number of benzene rings is 1. The summed E-state index contributed by atoms with van der Waals surface area (Å²) in [4.78, 5) is 22.3. The predicted molar refractivity (Wildman–Crippen MR) is 68.7 cm³/mol. The van der Waals surface area contributed by atoms with Gasteiger partial charge in [0.05, 0.1) is 6.61 Å². The lowest BCUT2D eigenvalue weighted by molar-refractivity contribution is -0.141. The molecule has 1 aromatic carbocycles. The number of esters is 1. The largest absolute Gasteiger partial charge is 0.465 e. The first-order valence-electron chi connectivity index (χ1n) is 5.63. The minimum Gasteiger partial charge on any atom is -0.465 e. The van der Waals surface area contributed by atoms with Gasteiger partial charge >= 0.3 is 12.0 Å². The Labute approximate surface area is 107 Å². The molecule has 18 heavy (non-hydrogen) atoms. The van der Waals surface area contributed by atoms with Crippen molar-refractivity contribution in [1.82, 2.24) is 10.6 Å². The van der Waals surface area contributed by atoms with Crippen molar-refractivity contribution < 1.29 is 14.3 Å². The first kappa shape index (κ1) is 14.1. The Morgan fingerprint density at radius 2 is 1.89 bits per heavy atom. The second kappa shape index (κ2) is 7.37. The summed E-state index contributed by atoms with van der Waals surface area (Å²) in [5.41, 5.74) is 1.60. The third-order valence-electron chi connectivity index (χ3n) is 2.13. The number of amides is 2. The van der Waals surface area contributed by atoms with Gasteiger partial charge in [-0.2, -0.15) is 0 Å². The van der Waals surface area contributed by atoms with Gasteiger partial charge in [-0.15, -0.1) is 0 Å². The molecule has 0 atom stereocenters. The van der Waals surface area contributed by atoms with E-state index in [1.54, 1.807) is 19.1 Å². The summed E-state index contributed by atoms with van der Waals surface area (Å²) < 4.78 is 4.67. The Morgan fingerprint density at radius 3 is 2.50 bits per heavy atom. The second-order valence-electron chi connectivity index (χ2n) is 3.58. The molecule has 0 aliphatic carbocycles. The average Bonchev–Trinajstić information content (AvgIpc) is 2.36. The summed E-state index contributed by atoms with van der Waals surface area (Å²) >= 11 is 0. The highest BCUT2D eigenvalue weighted by Crippen LogP contribution is 1.95. The maximum atomic E-state index is 11.3. The third kappa shape index (κ3) is 5.38. The molecule has 2 radical (unpaired) electrons. The van der Waals surface area contributed by atoms with Crippen molar-refractivity contribution in [2.45, 2.75) is 13.5 Å². The number of carbonyl (C=O) groups excluding carboxylic acids is 2. The first-order valence-corrected chi connectivity index (χ1v) is 5.63. The molecule has 94 valence electrons. The van der Waals surface area contributed by atoms with E-state index in [0.29, 0.717) is 18.6 Å². The average molecular weight is 246 g/mol. The highest BCUT2D eigenvalue weighted by molar-refractivity contribution is 6.32. The second-order valence-corrected chi connectivity index (χ2v) is 3.58. The first-order chi connectivity index (χ1) is 8.61. The van der Waals surface area contributed by atoms with Gasteiger partial charge in [0.1, 0.15) is 14.4 Å². The molecule has 0 aromatic heterocycles. The minimum absolute atomic E-state index is 0.137. The van der Waals surface area contributed by atoms with Crippen molar-refractivity contribution in [2.75, 3.05) is 13.2 Å². The molecule has 0 saturated heterocycles. The lowest BCUT2D eigenvalue weighted by Crippen LogP contribution is -2.38. The van der Waals surface area contributed by atoms with E-state index in [4.69, 9.17) is 7.85 Å². The molecule has 1 aromatic rings. The van der Waals surface area contributed by atoms with Gasteiger partial charge in [0.25, 0.3) is 0 Å². The van der Waals surface area contributed by atoms with Gasteiger partial charge in [-0.3, -0.25) is 4.79 Å². The van der Waals surface area contributed by atoms with Crippen molar-refractivity contribution in [3.05, 3.63) is 29.8 Å². The van der Waals surface area contributed by atoms with E-state index in [1.807, 2.05) is 12.1 Å². The molecule has 6 heteroatoms. The fourth-order valence-electron chi connectivity index (χ4n) is 1.24. The smallest absolute Gasteiger partial charge is 0.325 e. The molecule has 0 bridgehead atoms. The van der Waals surface area contributed by atoms with E-state index in [-0.39, 0.29) is 6.54 Å². The van der Waals surface area contributed by atoms with Gasteiger partial charge in [0.15, 0.2) is 0 Å². The number of nitrogens with one attached hydrogen (secondary N) is 2. The van der Waals surface area contributed by atoms with Gasteiger partial charge in [0, 0.05) is 6.54 Å². The zero-order chi connectivity index (χ0) is 13.4. The van der Waals surface area contributed by atoms with E-state index < -0.39 is 12.0 Å². The number of carbonyl (C=O) groups is 2. The quantitative estimate of drug-likeness (QED) is 0.560. The van der Waals surface area contributed by atoms with Crippen LogP contribution in [0.15, 0.2) is 24.3 Å². The van der Waals surface area contributed by atoms with Crippen LogP contribution in [-0.2, 0) is 16.1 Å². The minimum atomic E-state index is -0.458. The molecule has 0 aliphatic rings. The van der Waals surface area contributed by atoms with Crippen LogP contribution in [0.2, 0.25) is 0 Å². The lowest BCUT2D eigenvalue weighted by atomic mass is 9.95. The molecule has 0 unspecified atom stereocenters. The van der Waals surface area contributed by atoms with Gasteiger partial charge in [-0.25, -0.2) is 4.79 Å². The maximum absolute atomic E-state index is 11.3. The standard InChI is InChI=1S/C12H15BN2O3/c1-2-18-11(16)8-15-12(17)14-7-9-3-5-10(13)6-4-9/h3-6H,2,7-8H2,1H3,(H2,14,15,17). The molecule has 2 amide bonds. The highest BCUT2D eigenvalue weighted by atomic mass is 16.5. The zero-order valence-corrected chi connectivity index (χ0v) is 10.2. The normalized spacial score (nSPS) is 9.61. The maximum Gasteiger partial charge on any atom is 0.325 e. The predicted octanol–water partition coefficient (Wildman–Crippen LogP) is -0.157. The molecular formula is C12H15BN2O3. The van der Waals surface area contributed by atoms with E-state index in [9.17, 15) is 9.59 Å². The van der Waals surface area contributed by atoms with Crippen LogP contribution in [0.4, 0.5) is 4.79 Å². The van der Waals surface area contributed by atoms with Crippen molar-refractivity contribution in [1.29, 1.82) is 0 Å². The highest BCUT2D eigenvalue weighted by Gasteiger charge is 2.04. The van der Waals surface area contributed by atoms with Crippen LogP contribution >= 0.6 is 0 Å². The molecule has 1 rings (SSSR count). The number of hydrogen-bond acceptors (Lipinski definition) is 3. The van der Waals surface area contributed by atoms with Crippen LogP contribution in [0.25, 0.3) is 0 Å². The number of hydrogen-bond donors (Lipinski definition) is 2. The van der Waals surface area contributed by atoms with Crippen LogP contribution < -0.4 is 16.1 Å². The molecule has 0 aliphatic heterocycles. The monoisotopic (exact) mass is 246 g/mol. The number of urea groups is 1. The Bertz CT molecular complexity index is 406. The number of ether oxygens (including phenoxy) is 1. The topological polar surface area (TPSA) is 67.4 Å². The van der Waals surface area contributed by atoms with E-state index in [2.05, 4.69) is 15.4 Å². The van der Waals surface area contributed by atoms with Crippen LogP contribution in [0.1, 0.15) is 12.5 Å². The lowest BCUT2D eigenvalue weighted by Gasteiger charge is -2.07. The van der Waals surface area contributed by atoms with Crippen LogP contribution in [0, 0.1) is 0 Å². The van der Waals surface area contributed by atoms with E-state index in [0.717, 1.165) is 5.56 Å². The molecule has 2 N–H and O–H groups in total. The fourth-order valence-corrected chi connectivity index (χ4v) is 1.24. The summed E-state index contributed by atoms with van der Waals surface area (Å²) in [6.45, 7) is 2.24. The van der Waals surface area contributed by atoms with Crippen LogP contribution in [0.5, 0.6) is 0 Å². The Morgan fingerprint density at radius 1 is 1.22 bits per heavy atom. The van der Waals surface area contributed by atoms with E-state index in [1.165, 1.54) is 0 Å². The molecule has 0 spiro atoms. The summed E-state index contributed by atoms with van der Waals surface area (Å²) in [6, 6.07) is 6.74. The van der Waals surface area contributed by atoms with Crippen molar-refractivity contribution in [2.24, 2.45) is 0 Å². The molecule has 0 heterocycles. The van der Waals surface area contributed by atoms with Crippen molar-refractivity contribution in [3.63, 3.8) is 0 Å². The van der Waals surface area contributed by atoms with E-state index >= 15 is 0 Å². The fraction of sp³-hybridized carbons (Fsp3) is 0.333. The third-order valence-corrected chi connectivity index (χ3v) is 2.13. The zero-order valence-electron chi connectivity index (χ0n) is 10.2. The van der Waals surface area contributed by atoms with Gasteiger partial charge in [0.2, 0.25) is 0 Å². The summed E-state index contributed by atoms with van der Waals surface area (Å²) in [7, 11) is 5.54. The van der Waals surface area contributed by atoms with Crippen molar-refractivity contribution >= 4 is 25.3 Å². The molecular weight excluding hydrogens is 231 g/mol. The summed E-state index contributed by atoms with van der Waals surface area (Å²) in [5, 5.41) is 5.02. The summed E-state index contributed by atoms with van der Waals surface area (Å²) in [5.74, 6) is -0.458. The van der Waals surface area contributed by atoms with Crippen LogP contribution in [0.3, 0.4) is 0 Å². The Kier molecular flexibility index (Phi) is 5.77. The van der Waals surface area contributed by atoms with Gasteiger partial charge in [-0.1, -0.05) is 29.7 Å². The molecule has 0 fully saturated rings. The molecule has 0 saturated carbocycles. The Hall–Kier alpha value is -1.98. The molecule has 5 nitrogen and oxygen atoms in total. The number of rotatable bonds is 5. The van der Waals surface area contributed by atoms with Crippen LogP contribution in [-0.4, -0.2) is 33.0 Å². The Balaban J connectivity index is 2.24.